The molecule has 0 rings (SSSR count). The van der Waals surface area contributed by atoms with Crippen LogP contribution in [0.5, 0.6) is 0 Å². The van der Waals surface area contributed by atoms with Gasteiger partial charge in [0.2, 0.25) is 0 Å². The van der Waals surface area contributed by atoms with E-state index in [4.69, 9.17) is 17.3 Å². The maximum Gasteiger partial charge on any atom is 0.172 e. The first-order valence-corrected chi connectivity index (χ1v) is 4.94. The molecular formula is C9H19ClN2. The summed E-state index contributed by atoms with van der Waals surface area (Å²) in [6.07, 6.45) is 4.30. The second-order valence-electron chi connectivity index (χ2n) is 3.30. The van der Waals surface area contributed by atoms with E-state index in [1.54, 1.807) is 0 Å². The lowest BCUT2D eigenvalue weighted by atomic mass is 9.93. The Labute approximate surface area is 80.2 Å². The summed E-state index contributed by atoms with van der Waals surface area (Å²) in [5, 5.41) is 0. The molecule has 0 radical (unpaired) electrons. The van der Waals surface area contributed by atoms with Crippen LogP contribution in [0.1, 0.15) is 33.6 Å². The van der Waals surface area contributed by atoms with Gasteiger partial charge in [-0.1, -0.05) is 45.2 Å². The molecule has 0 aromatic heterocycles. The van der Waals surface area contributed by atoms with E-state index in [0.29, 0.717) is 11.8 Å². The Bertz CT molecular complexity index is 134. The van der Waals surface area contributed by atoms with Crippen molar-refractivity contribution in [2.45, 2.75) is 39.2 Å². The minimum absolute atomic E-state index is 0.467. The zero-order chi connectivity index (χ0) is 9.56. The van der Waals surface area contributed by atoms with Crippen LogP contribution in [0.4, 0.5) is 0 Å². The van der Waals surface area contributed by atoms with Crippen LogP contribution in [0.2, 0.25) is 0 Å². The Kier molecular flexibility index (Phi) is 6.39. The number of aliphatic imine (C=N–C) groups is 1. The van der Waals surface area contributed by atoms with Crippen LogP contribution >= 0.6 is 11.6 Å². The van der Waals surface area contributed by atoms with E-state index in [0.717, 1.165) is 0 Å². The second kappa shape index (κ2) is 6.44. The Hall–Kier alpha value is -0.0800. The molecule has 3 unspecified atom stereocenters. The summed E-state index contributed by atoms with van der Waals surface area (Å²) < 4.78 is 0. The molecule has 0 aliphatic carbocycles. The van der Waals surface area contributed by atoms with Crippen molar-refractivity contribution in [1.82, 2.24) is 0 Å². The Morgan fingerprint density at radius 2 is 2.08 bits per heavy atom. The number of nitrogens with two attached hydrogens (primary N) is 1. The number of halogens is 1. The highest BCUT2D eigenvalue weighted by Crippen LogP contribution is 2.14. The molecule has 0 saturated carbocycles. The number of hydrogen-bond acceptors (Lipinski definition) is 2. The SMILES string of the molecule is CCCC(C)C(C)C=NC(N)Cl. The number of rotatable bonds is 5. The third kappa shape index (κ3) is 5.56. The quantitative estimate of drug-likeness (QED) is 0.404. The molecule has 12 heavy (non-hydrogen) atoms. The van der Waals surface area contributed by atoms with E-state index in [2.05, 4.69) is 25.8 Å². The third-order valence-corrected chi connectivity index (χ3v) is 2.22. The lowest BCUT2D eigenvalue weighted by Crippen LogP contribution is -2.13. The zero-order valence-corrected chi connectivity index (χ0v) is 8.88. The van der Waals surface area contributed by atoms with Gasteiger partial charge < -0.3 is 0 Å². The first-order chi connectivity index (χ1) is 5.57. The summed E-state index contributed by atoms with van der Waals surface area (Å²) in [6.45, 7) is 6.55. The lowest BCUT2D eigenvalue weighted by molar-refractivity contribution is 0.449. The maximum absolute atomic E-state index is 5.48. The molecule has 0 aromatic rings. The van der Waals surface area contributed by atoms with E-state index in [1.807, 2.05) is 6.21 Å². The van der Waals surface area contributed by atoms with Crippen molar-refractivity contribution in [3.8, 4) is 0 Å². The van der Waals surface area contributed by atoms with Gasteiger partial charge >= 0.3 is 0 Å². The van der Waals surface area contributed by atoms with Crippen LogP contribution in [0.25, 0.3) is 0 Å². The maximum atomic E-state index is 5.48. The molecule has 0 aliphatic heterocycles. The smallest absolute Gasteiger partial charge is 0.172 e. The molecule has 0 heterocycles. The molecule has 0 spiro atoms. The van der Waals surface area contributed by atoms with Crippen molar-refractivity contribution in [2.24, 2.45) is 22.6 Å². The van der Waals surface area contributed by atoms with Crippen LogP contribution < -0.4 is 5.73 Å². The van der Waals surface area contributed by atoms with Crippen LogP contribution in [0.15, 0.2) is 4.99 Å². The Morgan fingerprint density at radius 1 is 1.50 bits per heavy atom. The lowest BCUT2D eigenvalue weighted by Gasteiger charge is -2.14. The third-order valence-electron chi connectivity index (χ3n) is 2.11. The fraction of sp³-hybridized carbons (Fsp3) is 0.889. The highest BCUT2D eigenvalue weighted by atomic mass is 35.5. The average Bonchev–Trinajstić information content (AvgIpc) is 2.00. The molecule has 0 aromatic carbocycles. The van der Waals surface area contributed by atoms with Gasteiger partial charge in [-0.25, -0.2) is 0 Å². The fourth-order valence-electron chi connectivity index (χ4n) is 1.08. The van der Waals surface area contributed by atoms with E-state index >= 15 is 0 Å². The van der Waals surface area contributed by atoms with E-state index in [1.165, 1.54) is 12.8 Å². The van der Waals surface area contributed by atoms with Gasteiger partial charge in [0, 0.05) is 6.21 Å². The zero-order valence-electron chi connectivity index (χ0n) is 8.13. The minimum atomic E-state index is -0.582. The molecule has 2 nitrogen and oxygen atoms in total. The van der Waals surface area contributed by atoms with Crippen molar-refractivity contribution in [3.05, 3.63) is 0 Å². The largest absolute Gasteiger partial charge is 0.297 e. The van der Waals surface area contributed by atoms with Gasteiger partial charge in [0.25, 0.3) is 0 Å². The molecule has 0 fully saturated rings. The molecule has 0 aliphatic rings. The molecule has 0 bridgehead atoms. The normalized spacial score (nSPS) is 19.4. The molecule has 3 atom stereocenters. The molecule has 2 N–H and O–H groups in total. The summed E-state index contributed by atoms with van der Waals surface area (Å²) in [4.78, 5) is 3.95. The van der Waals surface area contributed by atoms with E-state index < -0.39 is 5.62 Å². The number of alkyl halides is 1. The van der Waals surface area contributed by atoms with Gasteiger partial charge in [0.1, 0.15) is 0 Å². The number of hydrogen-bond donors (Lipinski definition) is 1. The number of nitrogens with zero attached hydrogens (tertiary/aromatic N) is 1. The topological polar surface area (TPSA) is 38.4 Å². The summed E-state index contributed by atoms with van der Waals surface area (Å²) in [6, 6.07) is 0. The Morgan fingerprint density at radius 3 is 2.50 bits per heavy atom. The average molecular weight is 191 g/mol. The van der Waals surface area contributed by atoms with Gasteiger partial charge in [0.15, 0.2) is 5.62 Å². The molecule has 72 valence electrons. The van der Waals surface area contributed by atoms with Crippen LogP contribution in [0, 0.1) is 11.8 Å². The first kappa shape index (κ1) is 11.9. The summed E-state index contributed by atoms with van der Waals surface area (Å²) in [7, 11) is 0. The highest BCUT2D eigenvalue weighted by Gasteiger charge is 2.08. The highest BCUT2D eigenvalue weighted by molar-refractivity contribution is 6.20. The standard InChI is InChI=1S/C9H19ClN2/c1-4-5-7(2)8(3)6-12-9(10)11/h6-9H,4-5,11H2,1-3H3. The monoisotopic (exact) mass is 190 g/mol. The Balaban J connectivity index is 3.77. The summed E-state index contributed by atoms with van der Waals surface area (Å²) in [5.41, 5.74) is 4.70. The molecular weight excluding hydrogens is 172 g/mol. The van der Waals surface area contributed by atoms with Crippen molar-refractivity contribution < 1.29 is 0 Å². The van der Waals surface area contributed by atoms with E-state index in [9.17, 15) is 0 Å². The van der Waals surface area contributed by atoms with Gasteiger partial charge in [-0.15, -0.1) is 0 Å². The summed E-state index contributed by atoms with van der Waals surface area (Å²) >= 11 is 5.48. The fourth-order valence-corrected chi connectivity index (χ4v) is 1.15. The predicted octanol–water partition coefficient (Wildman–Crippen LogP) is 2.61. The molecule has 3 heteroatoms. The van der Waals surface area contributed by atoms with Crippen LogP contribution in [-0.2, 0) is 0 Å². The van der Waals surface area contributed by atoms with Crippen molar-refractivity contribution in [3.63, 3.8) is 0 Å². The first-order valence-electron chi connectivity index (χ1n) is 4.50. The second-order valence-corrected chi connectivity index (χ2v) is 3.74. The van der Waals surface area contributed by atoms with Gasteiger partial charge in [-0.3, -0.25) is 10.7 Å². The van der Waals surface area contributed by atoms with Crippen LogP contribution in [-0.4, -0.2) is 11.8 Å². The van der Waals surface area contributed by atoms with Gasteiger partial charge in [-0.2, -0.15) is 0 Å². The van der Waals surface area contributed by atoms with Crippen LogP contribution in [0.3, 0.4) is 0 Å². The van der Waals surface area contributed by atoms with Crippen molar-refractivity contribution in [1.29, 1.82) is 0 Å². The summed E-state index contributed by atoms with van der Waals surface area (Å²) in [5.74, 6) is 1.13. The van der Waals surface area contributed by atoms with Gasteiger partial charge in [-0.05, 0) is 11.8 Å². The molecule has 0 saturated heterocycles. The van der Waals surface area contributed by atoms with Gasteiger partial charge in [0.05, 0.1) is 0 Å². The minimum Gasteiger partial charge on any atom is -0.297 e. The van der Waals surface area contributed by atoms with E-state index in [-0.39, 0.29) is 0 Å². The predicted molar refractivity (Wildman–Crippen MR) is 55.6 cm³/mol. The van der Waals surface area contributed by atoms with Crippen molar-refractivity contribution >= 4 is 17.8 Å². The molecule has 0 amide bonds. The van der Waals surface area contributed by atoms with Crippen molar-refractivity contribution in [2.75, 3.05) is 0 Å².